The van der Waals surface area contributed by atoms with Crippen LogP contribution >= 0.6 is 27.3 Å². The van der Waals surface area contributed by atoms with Crippen molar-refractivity contribution < 1.29 is 8.42 Å². The van der Waals surface area contributed by atoms with E-state index in [-0.39, 0.29) is 5.54 Å². The second-order valence-corrected chi connectivity index (χ2v) is 9.66. The molecule has 0 atom stereocenters. The van der Waals surface area contributed by atoms with Gasteiger partial charge in [0, 0.05) is 23.0 Å². The van der Waals surface area contributed by atoms with Crippen molar-refractivity contribution in [1.82, 2.24) is 10.0 Å². The summed E-state index contributed by atoms with van der Waals surface area (Å²) < 4.78 is 28.1. The van der Waals surface area contributed by atoms with Crippen LogP contribution in [0.2, 0.25) is 0 Å². The molecular weight excluding hydrogens is 348 g/mol. The Morgan fingerprint density at radius 2 is 2.11 bits per heavy atom. The Hall–Kier alpha value is 0.0500. The van der Waals surface area contributed by atoms with Gasteiger partial charge in [0.25, 0.3) is 0 Å². The first-order valence-electron chi connectivity index (χ1n) is 6.27. The molecule has 1 aromatic heterocycles. The van der Waals surface area contributed by atoms with Gasteiger partial charge < -0.3 is 5.32 Å². The average molecular weight is 367 g/mol. The highest BCUT2D eigenvalue weighted by Gasteiger charge is 2.41. The van der Waals surface area contributed by atoms with Gasteiger partial charge in [0.1, 0.15) is 4.90 Å². The fourth-order valence-corrected chi connectivity index (χ4v) is 5.74. The van der Waals surface area contributed by atoms with Gasteiger partial charge in [0.15, 0.2) is 0 Å². The van der Waals surface area contributed by atoms with E-state index in [4.69, 9.17) is 0 Å². The number of nitrogens with one attached hydrogen (secondary N) is 2. The summed E-state index contributed by atoms with van der Waals surface area (Å²) in [5.74, 6) is 0. The highest BCUT2D eigenvalue weighted by atomic mass is 79.9. The summed E-state index contributed by atoms with van der Waals surface area (Å²) in [5.41, 5.74) is -0.240. The molecule has 2 N–H and O–H groups in total. The molecule has 0 saturated heterocycles. The molecule has 19 heavy (non-hydrogen) atoms. The summed E-state index contributed by atoms with van der Waals surface area (Å²) in [7, 11) is -3.42. The molecule has 1 aliphatic rings. The van der Waals surface area contributed by atoms with E-state index in [0.29, 0.717) is 21.3 Å². The normalized spacial score (nSPS) is 17.9. The summed E-state index contributed by atoms with van der Waals surface area (Å²) in [6, 6.07) is 2.13. The Morgan fingerprint density at radius 3 is 2.63 bits per heavy atom. The van der Waals surface area contributed by atoms with E-state index in [1.165, 1.54) is 11.3 Å². The van der Waals surface area contributed by atoms with Crippen molar-refractivity contribution >= 4 is 37.3 Å². The maximum atomic E-state index is 12.3. The Balaban J connectivity index is 2.15. The highest BCUT2D eigenvalue weighted by Crippen LogP contribution is 2.38. The molecule has 1 aliphatic carbocycles. The van der Waals surface area contributed by atoms with Crippen molar-refractivity contribution in [2.75, 3.05) is 0 Å². The molecule has 0 unspecified atom stereocenters. The summed E-state index contributed by atoms with van der Waals surface area (Å²) >= 11 is 4.82. The van der Waals surface area contributed by atoms with Crippen molar-refractivity contribution in [2.24, 2.45) is 0 Å². The van der Waals surface area contributed by atoms with Gasteiger partial charge in [0.2, 0.25) is 10.0 Å². The summed E-state index contributed by atoms with van der Waals surface area (Å²) in [6.07, 6.45) is 1.82. The van der Waals surface area contributed by atoms with E-state index in [9.17, 15) is 8.42 Å². The zero-order chi connectivity index (χ0) is 14.3. The molecule has 0 amide bonds. The number of halogens is 1. The van der Waals surface area contributed by atoms with Crippen molar-refractivity contribution in [3.05, 3.63) is 14.7 Å². The van der Waals surface area contributed by atoms with E-state index in [1.807, 2.05) is 6.92 Å². The average Bonchev–Trinajstić information content (AvgIpc) is 2.85. The fourth-order valence-electron chi connectivity index (χ4n) is 1.64. The Morgan fingerprint density at radius 1 is 1.47 bits per heavy atom. The zero-order valence-corrected chi connectivity index (χ0v) is 14.5. The first-order chi connectivity index (χ1) is 8.72. The van der Waals surface area contributed by atoms with E-state index in [1.54, 1.807) is 6.07 Å². The van der Waals surface area contributed by atoms with Crippen molar-refractivity contribution in [3.8, 4) is 0 Å². The predicted octanol–water partition coefficient (Wildman–Crippen LogP) is 2.84. The first kappa shape index (κ1) is 15.4. The van der Waals surface area contributed by atoms with Gasteiger partial charge in [0.05, 0.1) is 3.79 Å². The number of hydrogen-bond donors (Lipinski definition) is 2. The number of thiophene rings is 1. The lowest BCUT2D eigenvalue weighted by molar-refractivity contribution is 0.557. The van der Waals surface area contributed by atoms with Crippen LogP contribution in [0.1, 0.15) is 38.5 Å². The minimum atomic E-state index is -3.42. The minimum Gasteiger partial charge on any atom is -0.310 e. The third-order valence-electron chi connectivity index (χ3n) is 3.06. The van der Waals surface area contributed by atoms with Gasteiger partial charge in [-0.15, -0.1) is 11.3 Å². The third kappa shape index (κ3) is 4.01. The number of rotatable bonds is 6. The van der Waals surface area contributed by atoms with Gasteiger partial charge >= 0.3 is 0 Å². The van der Waals surface area contributed by atoms with Crippen LogP contribution in [-0.4, -0.2) is 20.0 Å². The van der Waals surface area contributed by atoms with Gasteiger partial charge in [-0.2, -0.15) is 0 Å². The molecule has 1 heterocycles. The van der Waals surface area contributed by atoms with Crippen LogP contribution < -0.4 is 10.0 Å². The zero-order valence-electron chi connectivity index (χ0n) is 11.3. The van der Waals surface area contributed by atoms with E-state index in [2.05, 4.69) is 39.8 Å². The maximum absolute atomic E-state index is 12.3. The molecule has 0 spiro atoms. The standard InChI is InChI=1S/C12H19BrN2O2S2/c1-8(2)14-7-9-6-10(11(13)18-9)19(16,17)15-12(3)4-5-12/h6,8,14-15H,4-5,7H2,1-3H3. The Labute approximate surface area is 127 Å². The van der Waals surface area contributed by atoms with Crippen LogP contribution in [0.15, 0.2) is 14.7 Å². The van der Waals surface area contributed by atoms with Crippen LogP contribution in [0.3, 0.4) is 0 Å². The molecule has 4 nitrogen and oxygen atoms in total. The minimum absolute atomic E-state index is 0.240. The van der Waals surface area contributed by atoms with Crippen molar-refractivity contribution in [1.29, 1.82) is 0 Å². The molecule has 0 aliphatic heterocycles. The summed E-state index contributed by atoms with van der Waals surface area (Å²) in [4.78, 5) is 1.37. The van der Waals surface area contributed by atoms with E-state index in [0.717, 1.165) is 17.7 Å². The molecule has 1 saturated carbocycles. The summed E-state index contributed by atoms with van der Waals surface area (Å²) in [6.45, 7) is 6.76. The Kier molecular flexibility index (Phi) is 4.42. The van der Waals surface area contributed by atoms with Gasteiger partial charge in [-0.25, -0.2) is 13.1 Å². The van der Waals surface area contributed by atoms with Gasteiger partial charge in [-0.3, -0.25) is 0 Å². The van der Waals surface area contributed by atoms with Crippen LogP contribution in [-0.2, 0) is 16.6 Å². The molecule has 0 bridgehead atoms. The molecule has 0 aromatic carbocycles. The largest absolute Gasteiger partial charge is 0.310 e. The fraction of sp³-hybridized carbons (Fsp3) is 0.667. The summed E-state index contributed by atoms with van der Waals surface area (Å²) in [5, 5.41) is 3.29. The predicted molar refractivity (Wildman–Crippen MR) is 82.0 cm³/mol. The van der Waals surface area contributed by atoms with E-state index >= 15 is 0 Å². The molecule has 0 radical (unpaired) electrons. The molecular formula is C12H19BrN2O2S2. The second-order valence-electron chi connectivity index (χ2n) is 5.55. The third-order valence-corrected chi connectivity index (χ3v) is 6.95. The van der Waals surface area contributed by atoms with Crippen LogP contribution in [0.5, 0.6) is 0 Å². The van der Waals surface area contributed by atoms with Crippen molar-refractivity contribution in [3.63, 3.8) is 0 Å². The highest BCUT2D eigenvalue weighted by molar-refractivity contribution is 9.11. The first-order valence-corrected chi connectivity index (χ1v) is 9.37. The lowest BCUT2D eigenvalue weighted by Gasteiger charge is -2.11. The van der Waals surface area contributed by atoms with Crippen LogP contribution in [0.4, 0.5) is 0 Å². The molecule has 7 heteroatoms. The maximum Gasteiger partial charge on any atom is 0.243 e. The second kappa shape index (κ2) is 5.44. The van der Waals surface area contributed by atoms with Gasteiger partial charge in [-0.1, -0.05) is 13.8 Å². The van der Waals surface area contributed by atoms with Gasteiger partial charge in [-0.05, 0) is 41.8 Å². The number of hydrogen-bond acceptors (Lipinski definition) is 4. The smallest absolute Gasteiger partial charge is 0.243 e. The lowest BCUT2D eigenvalue weighted by Crippen LogP contribution is -2.34. The number of sulfonamides is 1. The van der Waals surface area contributed by atoms with Crippen LogP contribution in [0, 0.1) is 0 Å². The van der Waals surface area contributed by atoms with E-state index < -0.39 is 10.0 Å². The molecule has 108 valence electrons. The van der Waals surface area contributed by atoms with Crippen molar-refractivity contribution in [2.45, 2.75) is 56.6 Å². The molecule has 1 aromatic rings. The molecule has 2 rings (SSSR count). The SMILES string of the molecule is CC(C)NCc1cc(S(=O)(=O)NC2(C)CC2)c(Br)s1. The monoisotopic (exact) mass is 366 g/mol. The topological polar surface area (TPSA) is 58.2 Å². The lowest BCUT2D eigenvalue weighted by atomic mass is 10.4. The Bertz CT molecular complexity index is 562. The van der Waals surface area contributed by atoms with Crippen LogP contribution in [0.25, 0.3) is 0 Å². The quantitative estimate of drug-likeness (QED) is 0.813. The molecule has 1 fully saturated rings.